The van der Waals surface area contributed by atoms with Gasteiger partial charge < -0.3 is 5.32 Å². The monoisotopic (exact) mass is 211 g/mol. The zero-order chi connectivity index (χ0) is 11.6. The van der Waals surface area contributed by atoms with Gasteiger partial charge in [-0.25, -0.2) is 0 Å². The van der Waals surface area contributed by atoms with E-state index in [2.05, 4.69) is 5.32 Å². The first-order valence-corrected chi connectivity index (χ1v) is 5.17. The first-order chi connectivity index (χ1) is 6.95. The van der Waals surface area contributed by atoms with Crippen molar-refractivity contribution in [3.63, 3.8) is 0 Å². The van der Waals surface area contributed by atoms with Crippen LogP contribution in [-0.4, -0.2) is 30.4 Å². The van der Waals surface area contributed by atoms with Crippen LogP contribution in [0.2, 0.25) is 0 Å². The zero-order valence-electron chi connectivity index (χ0n) is 9.37. The van der Waals surface area contributed by atoms with Crippen molar-refractivity contribution in [3.05, 3.63) is 0 Å². The molecule has 84 valence electrons. The molecule has 4 heteroatoms. The van der Waals surface area contributed by atoms with Gasteiger partial charge in [0.25, 0.3) is 0 Å². The van der Waals surface area contributed by atoms with Crippen LogP contribution in [-0.2, 0) is 14.4 Å². The third kappa shape index (κ3) is 2.50. The highest BCUT2D eigenvalue weighted by Crippen LogP contribution is 2.27. The topological polar surface area (TPSA) is 63.2 Å². The Bertz CT molecular complexity index is 276. The third-order valence-corrected chi connectivity index (χ3v) is 3.11. The second-order valence-corrected chi connectivity index (χ2v) is 4.23. The average molecular weight is 211 g/mol. The molecule has 0 spiro atoms. The van der Waals surface area contributed by atoms with Crippen LogP contribution in [0.4, 0.5) is 0 Å². The Balaban J connectivity index is 2.95. The van der Waals surface area contributed by atoms with Crippen LogP contribution in [0.1, 0.15) is 20.8 Å². The molecular weight excluding hydrogens is 194 g/mol. The number of Topliss-reactive ketones (excluding diaryl/α,β-unsaturated/α-hetero) is 3. The second kappa shape index (κ2) is 4.66. The van der Waals surface area contributed by atoms with Crippen molar-refractivity contribution < 1.29 is 14.4 Å². The molecule has 1 aliphatic rings. The summed E-state index contributed by atoms with van der Waals surface area (Å²) < 4.78 is 0. The first-order valence-electron chi connectivity index (χ1n) is 5.17. The van der Waals surface area contributed by atoms with E-state index in [0.717, 1.165) is 0 Å². The van der Waals surface area contributed by atoms with Gasteiger partial charge in [-0.05, 0) is 20.8 Å². The van der Waals surface area contributed by atoms with E-state index in [9.17, 15) is 14.4 Å². The molecule has 0 amide bonds. The van der Waals surface area contributed by atoms with Crippen LogP contribution in [0, 0.1) is 17.8 Å². The molecule has 15 heavy (non-hydrogen) atoms. The molecule has 1 saturated heterocycles. The van der Waals surface area contributed by atoms with E-state index in [1.54, 1.807) is 0 Å². The second-order valence-electron chi connectivity index (χ2n) is 4.23. The largest absolute Gasteiger partial charge is 0.315 e. The maximum Gasteiger partial charge on any atom is 0.134 e. The quantitative estimate of drug-likeness (QED) is 0.724. The fourth-order valence-electron chi connectivity index (χ4n) is 2.29. The van der Waals surface area contributed by atoms with Crippen LogP contribution in [0.3, 0.4) is 0 Å². The Morgan fingerprint density at radius 1 is 0.867 bits per heavy atom. The fraction of sp³-hybridized carbons (Fsp3) is 0.727. The number of rotatable bonds is 3. The standard InChI is InChI=1S/C11H17NO3/c1-6(13)9-4-12-5-10(7(2)14)11(9)8(3)15/h9-12H,4-5H2,1-3H3. The molecule has 0 radical (unpaired) electrons. The molecule has 2 unspecified atom stereocenters. The maximum atomic E-state index is 11.5. The van der Waals surface area contributed by atoms with Crippen molar-refractivity contribution in [3.8, 4) is 0 Å². The summed E-state index contributed by atoms with van der Waals surface area (Å²) >= 11 is 0. The average Bonchev–Trinajstić information content (AvgIpc) is 2.16. The molecule has 1 N–H and O–H groups in total. The minimum absolute atomic E-state index is 0.0198. The molecule has 1 rings (SSSR count). The van der Waals surface area contributed by atoms with Gasteiger partial charge >= 0.3 is 0 Å². The van der Waals surface area contributed by atoms with Crippen molar-refractivity contribution in [2.45, 2.75) is 20.8 Å². The highest BCUT2D eigenvalue weighted by Gasteiger charge is 2.40. The third-order valence-electron chi connectivity index (χ3n) is 3.11. The van der Waals surface area contributed by atoms with Gasteiger partial charge in [0, 0.05) is 30.8 Å². The summed E-state index contributed by atoms with van der Waals surface area (Å²) in [7, 11) is 0. The van der Waals surface area contributed by atoms with Gasteiger partial charge in [-0.1, -0.05) is 0 Å². The molecule has 2 atom stereocenters. The summed E-state index contributed by atoms with van der Waals surface area (Å²) in [5, 5.41) is 3.04. The molecule has 0 aromatic rings. The Morgan fingerprint density at radius 3 is 1.53 bits per heavy atom. The van der Waals surface area contributed by atoms with Gasteiger partial charge in [-0.15, -0.1) is 0 Å². The van der Waals surface area contributed by atoms with Gasteiger partial charge in [-0.2, -0.15) is 0 Å². The molecule has 0 aliphatic carbocycles. The molecule has 4 nitrogen and oxygen atoms in total. The van der Waals surface area contributed by atoms with E-state index >= 15 is 0 Å². The highest BCUT2D eigenvalue weighted by molar-refractivity contribution is 5.93. The van der Waals surface area contributed by atoms with E-state index in [1.165, 1.54) is 20.8 Å². The van der Waals surface area contributed by atoms with Crippen molar-refractivity contribution in [1.82, 2.24) is 5.32 Å². The molecular formula is C11H17NO3. The van der Waals surface area contributed by atoms with Crippen LogP contribution < -0.4 is 5.32 Å². The number of ketones is 3. The maximum absolute atomic E-state index is 11.5. The lowest BCUT2D eigenvalue weighted by Gasteiger charge is -2.34. The first kappa shape index (κ1) is 12.0. The molecule has 1 heterocycles. The highest BCUT2D eigenvalue weighted by atomic mass is 16.1. The summed E-state index contributed by atoms with van der Waals surface area (Å²) in [5.74, 6) is -1.21. The van der Waals surface area contributed by atoms with Crippen molar-refractivity contribution in [1.29, 1.82) is 0 Å². The summed E-state index contributed by atoms with van der Waals surface area (Å²) in [6.07, 6.45) is 0. The number of carbonyl (C=O) groups is 3. The predicted octanol–water partition coefficient (Wildman–Crippen LogP) is 0.205. The van der Waals surface area contributed by atoms with Crippen molar-refractivity contribution in [2.75, 3.05) is 13.1 Å². The van der Waals surface area contributed by atoms with Crippen LogP contribution in [0.5, 0.6) is 0 Å². The number of hydrogen-bond acceptors (Lipinski definition) is 4. The van der Waals surface area contributed by atoms with E-state index in [-0.39, 0.29) is 29.2 Å². The summed E-state index contributed by atoms with van der Waals surface area (Å²) in [6.45, 7) is 5.42. The summed E-state index contributed by atoms with van der Waals surface area (Å²) in [6, 6.07) is 0. The normalized spacial score (nSPS) is 31.0. The lowest BCUT2D eigenvalue weighted by atomic mass is 9.73. The SMILES string of the molecule is CC(=O)C1CNCC(C(C)=O)C1C(C)=O. The molecule has 0 aromatic heterocycles. The van der Waals surface area contributed by atoms with Gasteiger partial charge in [0.05, 0.1) is 0 Å². The van der Waals surface area contributed by atoms with E-state index in [4.69, 9.17) is 0 Å². The van der Waals surface area contributed by atoms with Crippen LogP contribution in [0.25, 0.3) is 0 Å². The predicted molar refractivity (Wildman–Crippen MR) is 55.4 cm³/mol. The van der Waals surface area contributed by atoms with Crippen LogP contribution in [0.15, 0.2) is 0 Å². The van der Waals surface area contributed by atoms with Gasteiger partial charge in [0.1, 0.15) is 17.3 Å². The van der Waals surface area contributed by atoms with Gasteiger partial charge in [-0.3, -0.25) is 14.4 Å². The van der Waals surface area contributed by atoms with E-state index < -0.39 is 5.92 Å². The molecule has 0 saturated carbocycles. The summed E-state index contributed by atoms with van der Waals surface area (Å²) in [5.41, 5.74) is 0. The Hall–Kier alpha value is -1.03. The zero-order valence-corrected chi connectivity index (χ0v) is 9.37. The number of piperidine rings is 1. The number of hydrogen-bond donors (Lipinski definition) is 1. The molecule has 1 aliphatic heterocycles. The Morgan fingerprint density at radius 2 is 1.27 bits per heavy atom. The van der Waals surface area contributed by atoms with E-state index in [1.807, 2.05) is 0 Å². The smallest absolute Gasteiger partial charge is 0.134 e. The van der Waals surface area contributed by atoms with E-state index in [0.29, 0.717) is 13.1 Å². The Kier molecular flexibility index (Phi) is 3.74. The minimum atomic E-state index is -0.429. The summed E-state index contributed by atoms with van der Waals surface area (Å²) in [4.78, 5) is 34.3. The van der Waals surface area contributed by atoms with Crippen LogP contribution >= 0.6 is 0 Å². The number of carbonyl (C=O) groups excluding carboxylic acids is 3. The lowest BCUT2D eigenvalue weighted by Crippen LogP contribution is -2.50. The number of nitrogens with one attached hydrogen (secondary N) is 1. The van der Waals surface area contributed by atoms with Crippen molar-refractivity contribution in [2.24, 2.45) is 17.8 Å². The van der Waals surface area contributed by atoms with Crippen molar-refractivity contribution >= 4 is 17.3 Å². The van der Waals surface area contributed by atoms with Gasteiger partial charge in [0.15, 0.2) is 0 Å². The lowest BCUT2D eigenvalue weighted by molar-refractivity contribution is -0.138. The Labute approximate surface area is 89.4 Å². The molecule has 1 fully saturated rings. The fourth-order valence-corrected chi connectivity index (χ4v) is 2.29. The van der Waals surface area contributed by atoms with Gasteiger partial charge in [0.2, 0.25) is 0 Å². The molecule has 0 bridgehead atoms. The molecule has 0 aromatic carbocycles. The minimum Gasteiger partial charge on any atom is -0.315 e.